The number of hydrogen-bond acceptors (Lipinski definition) is 6. The molecule has 1 aliphatic heterocycles. The van der Waals surface area contributed by atoms with Crippen LogP contribution in [0.1, 0.15) is 40.0 Å². The number of ether oxygens (including phenoxy) is 1. The van der Waals surface area contributed by atoms with Crippen molar-refractivity contribution in [1.82, 2.24) is 0 Å². The molecule has 6 nitrogen and oxygen atoms in total. The average Bonchev–Trinajstić information content (AvgIpc) is 2.19. The van der Waals surface area contributed by atoms with E-state index in [4.69, 9.17) is 15.5 Å². The summed E-state index contributed by atoms with van der Waals surface area (Å²) in [5.74, 6) is 4.80. The summed E-state index contributed by atoms with van der Waals surface area (Å²) in [5, 5.41) is 0. The number of hydrogen-bond donors (Lipinski definition) is 1. The molecule has 0 aromatic carbocycles. The lowest BCUT2D eigenvalue weighted by molar-refractivity contribution is -0.164. The van der Waals surface area contributed by atoms with Gasteiger partial charge in [0.2, 0.25) is 0 Å². The number of rotatable bonds is 3. The van der Waals surface area contributed by atoms with Gasteiger partial charge in [0.05, 0.1) is 17.9 Å². The first-order chi connectivity index (χ1) is 8.08. The second-order valence-corrected chi connectivity index (χ2v) is 8.02. The summed E-state index contributed by atoms with van der Waals surface area (Å²) in [6.45, 7) is 5.31. The van der Waals surface area contributed by atoms with Gasteiger partial charge >= 0.3 is 5.97 Å². The third-order valence-corrected chi connectivity index (χ3v) is 4.53. The van der Waals surface area contributed by atoms with Gasteiger partial charge in [0, 0.05) is 0 Å². The molecular formula is C11H21NO5S. The minimum Gasteiger partial charge on any atom is -0.460 e. The highest BCUT2D eigenvalue weighted by Gasteiger charge is 2.41. The maximum Gasteiger partial charge on any atom is 0.309 e. The van der Waals surface area contributed by atoms with E-state index in [-0.39, 0.29) is 30.8 Å². The molecule has 18 heavy (non-hydrogen) atoms. The summed E-state index contributed by atoms with van der Waals surface area (Å²) in [7, 11) is -3.02. The smallest absolute Gasteiger partial charge is 0.309 e. The molecule has 1 saturated heterocycles. The Kier molecular flexibility index (Phi) is 4.40. The summed E-state index contributed by atoms with van der Waals surface area (Å²) < 4.78 is 27.9. The number of sulfone groups is 1. The minimum absolute atomic E-state index is 0.00695. The van der Waals surface area contributed by atoms with E-state index in [0.717, 1.165) is 0 Å². The second-order valence-electron chi connectivity index (χ2n) is 5.72. The SMILES string of the molecule is CC(C)(C)OC(=O)CC1(ON)CCS(=O)(=O)CC1. The highest BCUT2D eigenvalue weighted by Crippen LogP contribution is 2.30. The largest absolute Gasteiger partial charge is 0.460 e. The molecule has 0 radical (unpaired) electrons. The molecule has 0 aliphatic carbocycles. The number of carbonyl (C=O) groups excluding carboxylic acids is 1. The average molecular weight is 279 g/mol. The molecule has 0 unspecified atom stereocenters. The van der Waals surface area contributed by atoms with Crippen LogP contribution in [0, 0.1) is 0 Å². The molecule has 0 saturated carbocycles. The van der Waals surface area contributed by atoms with Crippen molar-refractivity contribution in [1.29, 1.82) is 0 Å². The van der Waals surface area contributed by atoms with Gasteiger partial charge in [-0.3, -0.25) is 9.63 Å². The monoisotopic (exact) mass is 279 g/mol. The van der Waals surface area contributed by atoms with Gasteiger partial charge in [-0.25, -0.2) is 14.3 Å². The molecule has 0 aromatic heterocycles. The van der Waals surface area contributed by atoms with Crippen LogP contribution in [0.25, 0.3) is 0 Å². The van der Waals surface area contributed by atoms with Crippen LogP contribution in [-0.4, -0.2) is 37.1 Å². The third-order valence-electron chi connectivity index (χ3n) is 2.87. The Balaban J connectivity index is 2.65. The fourth-order valence-electron chi connectivity index (χ4n) is 1.89. The predicted molar refractivity (Wildman–Crippen MR) is 66.4 cm³/mol. The molecule has 0 amide bonds. The first kappa shape index (κ1) is 15.4. The van der Waals surface area contributed by atoms with Crippen molar-refractivity contribution in [3.05, 3.63) is 0 Å². The van der Waals surface area contributed by atoms with E-state index in [2.05, 4.69) is 0 Å². The highest BCUT2D eigenvalue weighted by molar-refractivity contribution is 7.91. The lowest BCUT2D eigenvalue weighted by Gasteiger charge is -2.34. The fourth-order valence-corrected chi connectivity index (χ4v) is 3.46. The summed E-state index contributed by atoms with van der Waals surface area (Å²) in [5.41, 5.74) is -1.48. The molecule has 0 aromatic rings. The van der Waals surface area contributed by atoms with Crippen LogP contribution in [-0.2, 0) is 24.2 Å². The van der Waals surface area contributed by atoms with Crippen molar-refractivity contribution in [2.24, 2.45) is 5.90 Å². The van der Waals surface area contributed by atoms with Crippen molar-refractivity contribution < 1.29 is 22.8 Å². The van der Waals surface area contributed by atoms with Crippen molar-refractivity contribution in [2.45, 2.75) is 51.2 Å². The zero-order chi connectivity index (χ0) is 14.0. The van der Waals surface area contributed by atoms with Crippen LogP contribution >= 0.6 is 0 Å². The molecule has 1 fully saturated rings. The Bertz CT molecular complexity index is 396. The second kappa shape index (κ2) is 5.14. The van der Waals surface area contributed by atoms with Gasteiger partial charge in [-0.2, -0.15) is 0 Å². The Morgan fingerprint density at radius 3 is 2.17 bits per heavy atom. The summed E-state index contributed by atoms with van der Waals surface area (Å²) >= 11 is 0. The van der Waals surface area contributed by atoms with E-state index in [0.29, 0.717) is 0 Å². The van der Waals surface area contributed by atoms with Gasteiger partial charge in [-0.15, -0.1) is 0 Å². The normalized spacial score (nSPS) is 22.4. The van der Waals surface area contributed by atoms with Crippen LogP contribution in [0.3, 0.4) is 0 Å². The van der Waals surface area contributed by atoms with E-state index < -0.39 is 27.0 Å². The predicted octanol–water partition coefficient (Wildman–Crippen LogP) is 0.556. The molecule has 1 rings (SSSR count). The molecule has 1 heterocycles. The molecule has 1 aliphatic rings. The van der Waals surface area contributed by atoms with Gasteiger partial charge < -0.3 is 4.74 Å². The number of carbonyl (C=O) groups is 1. The molecule has 0 spiro atoms. The van der Waals surface area contributed by atoms with Gasteiger partial charge in [0.15, 0.2) is 9.84 Å². The standard InChI is InChI=1S/C11H21NO5S/c1-10(2,3)16-9(13)8-11(17-12)4-6-18(14,15)7-5-11/h4-8,12H2,1-3H3. The number of nitrogens with two attached hydrogens (primary N) is 1. The van der Waals surface area contributed by atoms with Crippen molar-refractivity contribution >= 4 is 15.8 Å². The van der Waals surface area contributed by atoms with Crippen LogP contribution in [0.2, 0.25) is 0 Å². The van der Waals surface area contributed by atoms with Gasteiger partial charge in [0.1, 0.15) is 11.2 Å². The van der Waals surface area contributed by atoms with Crippen LogP contribution in [0.15, 0.2) is 0 Å². The van der Waals surface area contributed by atoms with Crippen molar-refractivity contribution in [3.63, 3.8) is 0 Å². The first-order valence-electron chi connectivity index (χ1n) is 5.88. The Morgan fingerprint density at radius 2 is 1.78 bits per heavy atom. The van der Waals surface area contributed by atoms with Crippen molar-refractivity contribution in [3.8, 4) is 0 Å². The highest BCUT2D eigenvalue weighted by atomic mass is 32.2. The Morgan fingerprint density at radius 1 is 1.28 bits per heavy atom. The molecule has 2 N–H and O–H groups in total. The lowest BCUT2D eigenvalue weighted by Crippen LogP contribution is -2.46. The summed E-state index contributed by atoms with van der Waals surface area (Å²) in [4.78, 5) is 16.6. The fraction of sp³-hybridized carbons (Fsp3) is 0.909. The number of esters is 1. The Labute approximate surface area is 108 Å². The van der Waals surface area contributed by atoms with E-state index in [1.807, 2.05) is 0 Å². The molecule has 106 valence electrons. The van der Waals surface area contributed by atoms with Crippen LogP contribution in [0.5, 0.6) is 0 Å². The minimum atomic E-state index is -3.02. The van der Waals surface area contributed by atoms with Crippen molar-refractivity contribution in [2.75, 3.05) is 11.5 Å². The Hall–Kier alpha value is -0.660. The summed E-state index contributed by atoms with van der Waals surface area (Å²) in [6, 6.07) is 0. The van der Waals surface area contributed by atoms with E-state index in [9.17, 15) is 13.2 Å². The van der Waals surface area contributed by atoms with E-state index in [1.165, 1.54) is 0 Å². The maximum atomic E-state index is 11.7. The summed E-state index contributed by atoms with van der Waals surface area (Å²) in [6.07, 6.45) is 0.437. The van der Waals surface area contributed by atoms with Crippen LogP contribution < -0.4 is 5.90 Å². The zero-order valence-corrected chi connectivity index (χ0v) is 11.9. The van der Waals surface area contributed by atoms with E-state index in [1.54, 1.807) is 20.8 Å². The molecular weight excluding hydrogens is 258 g/mol. The zero-order valence-electron chi connectivity index (χ0n) is 11.1. The van der Waals surface area contributed by atoms with Crippen LogP contribution in [0.4, 0.5) is 0 Å². The maximum absolute atomic E-state index is 11.7. The van der Waals surface area contributed by atoms with E-state index >= 15 is 0 Å². The molecule has 7 heteroatoms. The van der Waals surface area contributed by atoms with Gasteiger partial charge in [-0.05, 0) is 33.6 Å². The lowest BCUT2D eigenvalue weighted by atomic mass is 9.92. The van der Waals surface area contributed by atoms with Gasteiger partial charge in [-0.1, -0.05) is 0 Å². The topological polar surface area (TPSA) is 95.7 Å². The third kappa shape index (κ3) is 4.55. The first-order valence-corrected chi connectivity index (χ1v) is 7.70. The quantitative estimate of drug-likeness (QED) is 0.599. The van der Waals surface area contributed by atoms with Gasteiger partial charge in [0.25, 0.3) is 0 Å². The molecule has 0 bridgehead atoms. The molecule has 0 atom stereocenters.